The average molecular weight is 290 g/mol. The van der Waals surface area contributed by atoms with Crippen LogP contribution in [0.5, 0.6) is 0 Å². The zero-order valence-corrected chi connectivity index (χ0v) is 12.5. The van der Waals surface area contributed by atoms with Crippen LogP contribution >= 0.6 is 0 Å². The molecule has 4 heteroatoms. The largest absolute Gasteiger partial charge is 0.369 e. The summed E-state index contributed by atoms with van der Waals surface area (Å²) in [6, 6.07) is 17.9. The van der Waals surface area contributed by atoms with Crippen molar-refractivity contribution in [2.75, 3.05) is 5.32 Å². The molecule has 0 saturated heterocycles. The maximum Gasteiger partial charge on any atom is 0.198 e. The molecule has 0 aliphatic carbocycles. The summed E-state index contributed by atoms with van der Waals surface area (Å²) in [5.74, 6) is 0.353. The number of nitrogens with one attached hydrogen (secondary N) is 1. The van der Waals surface area contributed by atoms with Crippen LogP contribution in [0.25, 0.3) is 10.9 Å². The Labute approximate surface area is 129 Å². The molecule has 0 aliphatic rings. The van der Waals surface area contributed by atoms with Gasteiger partial charge in [-0.3, -0.25) is 4.98 Å². The number of benzene rings is 2. The zero-order chi connectivity index (χ0) is 15.4. The number of pyridine rings is 1. The lowest BCUT2D eigenvalue weighted by molar-refractivity contribution is 1.14. The number of guanidine groups is 1. The van der Waals surface area contributed by atoms with E-state index in [1.165, 1.54) is 5.56 Å². The summed E-state index contributed by atoms with van der Waals surface area (Å²) >= 11 is 0. The van der Waals surface area contributed by atoms with Crippen LogP contribution < -0.4 is 11.1 Å². The molecule has 2 aromatic carbocycles. The molecule has 3 aromatic rings. The fourth-order valence-corrected chi connectivity index (χ4v) is 2.35. The third kappa shape index (κ3) is 3.06. The Bertz CT molecular complexity index is 819. The summed E-state index contributed by atoms with van der Waals surface area (Å²) in [5.41, 5.74) is 9.83. The fourth-order valence-electron chi connectivity index (χ4n) is 2.35. The van der Waals surface area contributed by atoms with Crippen molar-refractivity contribution in [1.82, 2.24) is 4.98 Å². The average Bonchev–Trinajstić information content (AvgIpc) is 2.55. The maximum atomic E-state index is 6.03. The lowest BCUT2D eigenvalue weighted by Gasteiger charge is -2.07. The second-order valence-corrected chi connectivity index (χ2v) is 5.03. The normalized spacial score (nSPS) is 11.6. The lowest BCUT2D eigenvalue weighted by atomic mass is 10.1. The summed E-state index contributed by atoms with van der Waals surface area (Å²) in [4.78, 5) is 8.84. The predicted octanol–water partition coefficient (Wildman–Crippen LogP) is 3.86. The fraction of sp³-hybridized carbons (Fsp3) is 0.111. The maximum absolute atomic E-state index is 6.03. The van der Waals surface area contributed by atoms with Gasteiger partial charge in [0.2, 0.25) is 0 Å². The van der Waals surface area contributed by atoms with E-state index in [1.54, 1.807) is 6.20 Å². The van der Waals surface area contributed by atoms with Gasteiger partial charge in [-0.25, -0.2) is 4.99 Å². The number of nitrogens with two attached hydrogens (primary N) is 1. The van der Waals surface area contributed by atoms with Crippen molar-refractivity contribution in [3.05, 3.63) is 66.4 Å². The number of aliphatic imine (C=N–C) groups is 1. The van der Waals surface area contributed by atoms with Crippen molar-refractivity contribution in [2.45, 2.75) is 13.3 Å². The Kier molecular flexibility index (Phi) is 4.01. The summed E-state index contributed by atoms with van der Waals surface area (Å²) in [6.07, 6.45) is 2.75. The van der Waals surface area contributed by atoms with Crippen molar-refractivity contribution < 1.29 is 0 Å². The molecule has 3 N–H and O–H groups in total. The molecule has 0 saturated carbocycles. The quantitative estimate of drug-likeness (QED) is 0.569. The van der Waals surface area contributed by atoms with Gasteiger partial charge in [-0.1, -0.05) is 37.3 Å². The molecule has 1 heterocycles. The second kappa shape index (κ2) is 6.26. The molecule has 0 amide bonds. The van der Waals surface area contributed by atoms with Crippen LogP contribution in [-0.2, 0) is 6.42 Å². The van der Waals surface area contributed by atoms with Crippen molar-refractivity contribution in [2.24, 2.45) is 10.7 Å². The van der Waals surface area contributed by atoms with Gasteiger partial charge >= 0.3 is 0 Å². The van der Waals surface area contributed by atoms with Crippen molar-refractivity contribution in [1.29, 1.82) is 0 Å². The number of fused-ring (bicyclic) bond motifs is 1. The molecule has 0 atom stereocenters. The van der Waals surface area contributed by atoms with Crippen molar-refractivity contribution in [3.8, 4) is 0 Å². The molecule has 22 heavy (non-hydrogen) atoms. The van der Waals surface area contributed by atoms with Crippen LogP contribution in [-0.4, -0.2) is 10.9 Å². The number of rotatable bonds is 3. The van der Waals surface area contributed by atoms with Crippen LogP contribution in [0.2, 0.25) is 0 Å². The van der Waals surface area contributed by atoms with Crippen molar-refractivity contribution >= 4 is 28.2 Å². The SMILES string of the molecule is CCc1cccc(NC(N)=Nc2cccc3cccnc23)c1. The molecule has 0 unspecified atom stereocenters. The van der Waals surface area contributed by atoms with Gasteiger partial charge in [0.15, 0.2) is 5.96 Å². The Hall–Kier alpha value is -2.88. The molecule has 0 radical (unpaired) electrons. The molecule has 0 spiro atoms. The smallest absolute Gasteiger partial charge is 0.198 e. The van der Waals surface area contributed by atoms with Crippen molar-refractivity contribution in [3.63, 3.8) is 0 Å². The van der Waals surface area contributed by atoms with Gasteiger partial charge in [-0.05, 0) is 36.2 Å². The highest BCUT2D eigenvalue weighted by atomic mass is 15.1. The highest BCUT2D eigenvalue weighted by Crippen LogP contribution is 2.23. The highest BCUT2D eigenvalue weighted by Gasteiger charge is 2.02. The van der Waals surface area contributed by atoms with E-state index in [9.17, 15) is 0 Å². The van der Waals surface area contributed by atoms with E-state index in [1.807, 2.05) is 42.5 Å². The third-order valence-corrected chi connectivity index (χ3v) is 3.46. The highest BCUT2D eigenvalue weighted by molar-refractivity contribution is 5.97. The standard InChI is InChI=1S/C18H18N4/c1-2-13-6-3-9-15(12-13)21-18(19)22-16-10-4-7-14-8-5-11-20-17(14)16/h3-12H,2H2,1H3,(H3,19,21,22). The summed E-state index contributed by atoms with van der Waals surface area (Å²) in [7, 11) is 0. The lowest BCUT2D eigenvalue weighted by Crippen LogP contribution is -2.22. The molecular weight excluding hydrogens is 272 g/mol. The molecule has 1 aromatic heterocycles. The van der Waals surface area contributed by atoms with E-state index in [4.69, 9.17) is 5.73 Å². The van der Waals surface area contributed by atoms with E-state index < -0.39 is 0 Å². The van der Waals surface area contributed by atoms with Gasteiger partial charge in [0.1, 0.15) is 0 Å². The monoisotopic (exact) mass is 290 g/mol. The minimum absolute atomic E-state index is 0.353. The first kappa shape index (κ1) is 14.1. The summed E-state index contributed by atoms with van der Waals surface area (Å²) in [5, 5.41) is 4.18. The Balaban J connectivity index is 1.90. The zero-order valence-electron chi connectivity index (χ0n) is 12.5. The number of aryl methyl sites for hydroxylation is 1. The third-order valence-electron chi connectivity index (χ3n) is 3.46. The summed E-state index contributed by atoms with van der Waals surface area (Å²) < 4.78 is 0. The van der Waals surface area contributed by atoms with Gasteiger partial charge in [-0.15, -0.1) is 0 Å². The van der Waals surface area contributed by atoms with Gasteiger partial charge in [-0.2, -0.15) is 0 Å². The van der Waals surface area contributed by atoms with E-state index in [0.717, 1.165) is 28.7 Å². The first-order valence-electron chi connectivity index (χ1n) is 7.30. The number of hydrogen-bond acceptors (Lipinski definition) is 2. The number of nitrogens with zero attached hydrogens (tertiary/aromatic N) is 2. The van der Waals surface area contributed by atoms with Crippen LogP contribution in [0.3, 0.4) is 0 Å². The van der Waals surface area contributed by atoms with E-state index >= 15 is 0 Å². The predicted molar refractivity (Wildman–Crippen MR) is 92.5 cm³/mol. The van der Waals surface area contributed by atoms with E-state index in [0.29, 0.717) is 5.96 Å². The molecular formula is C18H18N4. The molecule has 0 bridgehead atoms. The number of para-hydroxylation sites is 1. The van der Waals surface area contributed by atoms with Crippen LogP contribution in [0.1, 0.15) is 12.5 Å². The Morgan fingerprint density at radius 3 is 2.82 bits per heavy atom. The van der Waals surface area contributed by atoms with Gasteiger partial charge < -0.3 is 11.1 Å². The molecule has 0 fully saturated rings. The summed E-state index contributed by atoms with van der Waals surface area (Å²) in [6.45, 7) is 2.12. The Morgan fingerprint density at radius 1 is 1.14 bits per heavy atom. The van der Waals surface area contributed by atoms with Gasteiger partial charge in [0.25, 0.3) is 0 Å². The minimum atomic E-state index is 0.353. The van der Waals surface area contributed by atoms with Crippen LogP contribution in [0.15, 0.2) is 65.8 Å². The van der Waals surface area contributed by atoms with Crippen LogP contribution in [0.4, 0.5) is 11.4 Å². The number of hydrogen-bond donors (Lipinski definition) is 2. The molecule has 0 aliphatic heterocycles. The second-order valence-electron chi connectivity index (χ2n) is 5.03. The van der Waals surface area contributed by atoms with Gasteiger partial charge in [0, 0.05) is 17.3 Å². The van der Waals surface area contributed by atoms with E-state index in [-0.39, 0.29) is 0 Å². The minimum Gasteiger partial charge on any atom is -0.369 e. The topological polar surface area (TPSA) is 63.3 Å². The van der Waals surface area contributed by atoms with E-state index in [2.05, 4.69) is 34.3 Å². The first-order chi connectivity index (χ1) is 10.8. The first-order valence-corrected chi connectivity index (χ1v) is 7.30. The number of anilines is 1. The molecule has 4 nitrogen and oxygen atoms in total. The molecule has 110 valence electrons. The number of aromatic nitrogens is 1. The van der Waals surface area contributed by atoms with Crippen LogP contribution in [0, 0.1) is 0 Å². The van der Waals surface area contributed by atoms with Gasteiger partial charge in [0.05, 0.1) is 11.2 Å². The molecule has 3 rings (SSSR count). The Morgan fingerprint density at radius 2 is 1.95 bits per heavy atom.